The van der Waals surface area contributed by atoms with E-state index in [0.717, 1.165) is 21.3 Å². The van der Waals surface area contributed by atoms with Crippen molar-refractivity contribution in [1.29, 1.82) is 0 Å². The van der Waals surface area contributed by atoms with Crippen LogP contribution in [-0.2, 0) is 22.6 Å². The van der Waals surface area contributed by atoms with Crippen molar-refractivity contribution in [3.8, 4) is 16.9 Å². The van der Waals surface area contributed by atoms with E-state index in [9.17, 15) is 4.79 Å². The van der Waals surface area contributed by atoms with Crippen LogP contribution in [0, 0.1) is 0 Å². The molecule has 0 unspecified atom stereocenters. The first-order chi connectivity index (χ1) is 13.2. The molecule has 0 atom stereocenters. The summed E-state index contributed by atoms with van der Waals surface area (Å²) in [4.78, 5) is 11.3. The van der Waals surface area contributed by atoms with E-state index in [1.165, 1.54) is 18.2 Å². The van der Waals surface area contributed by atoms with Crippen molar-refractivity contribution in [2.24, 2.45) is 0 Å². The van der Waals surface area contributed by atoms with Crippen LogP contribution in [0.2, 0.25) is 0 Å². The van der Waals surface area contributed by atoms with Gasteiger partial charge in [-0.25, -0.2) is 0 Å². The molecule has 0 aliphatic carbocycles. The molecular formula is C23H21BrO3. The molecule has 0 aromatic heterocycles. The van der Waals surface area contributed by atoms with E-state index < -0.39 is 0 Å². The molecule has 0 amide bonds. The minimum Gasteiger partial charge on any atom is -0.488 e. The Balaban J connectivity index is 1.64. The van der Waals surface area contributed by atoms with Crippen LogP contribution < -0.4 is 4.74 Å². The number of carbonyl (C=O) groups excluding carboxylic acids is 1. The van der Waals surface area contributed by atoms with Gasteiger partial charge in [0.25, 0.3) is 0 Å². The molecule has 138 valence electrons. The molecular weight excluding hydrogens is 404 g/mol. The Morgan fingerprint density at radius 2 is 1.67 bits per heavy atom. The minimum absolute atomic E-state index is 0.204. The van der Waals surface area contributed by atoms with Crippen molar-refractivity contribution in [3.05, 3.63) is 88.4 Å². The fraction of sp³-hybridized carbons (Fsp3) is 0.174. The Morgan fingerprint density at radius 3 is 2.41 bits per heavy atom. The molecule has 4 heteroatoms. The van der Waals surface area contributed by atoms with Crippen LogP contribution >= 0.6 is 15.9 Å². The summed E-state index contributed by atoms with van der Waals surface area (Å²) in [6.07, 6.45) is 1.01. The lowest BCUT2D eigenvalue weighted by atomic mass is 10.0. The molecule has 0 saturated heterocycles. The van der Waals surface area contributed by atoms with Gasteiger partial charge >= 0.3 is 5.97 Å². The maximum absolute atomic E-state index is 11.3. The van der Waals surface area contributed by atoms with Gasteiger partial charge in [-0.05, 0) is 62.8 Å². The number of hydrogen-bond donors (Lipinski definition) is 0. The number of ether oxygens (including phenoxy) is 2. The van der Waals surface area contributed by atoms with Crippen LogP contribution in [-0.4, -0.2) is 13.1 Å². The summed E-state index contributed by atoms with van der Waals surface area (Å²) in [6, 6.07) is 24.5. The molecule has 0 radical (unpaired) electrons. The average Bonchev–Trinajstić information content (AvgIpc) is 2.72. The summed E-state index contributed by atoms with van der Waals surface area (Å²) in [5.74, 6) is 0.576. The van der Waals surface area contributed by atoms with Gasteiger partial charge < -0.3 is 9.47 Å². The number of esters is 1. The van der Waals surface area contributed by atoms with E-state index in [1.54, 1.807) is 0 Å². The normalized spacial score (nSPS) is 10.4. The zero-order chi connectivity index (χ0) is 19.1. The second-order valence-electron chi connectivity index (χ2n) is 6.20. The lowest BCUT2D eigenvalue weighted by Gasteiger charge is -2.11. The van der Waals surface area contributed by atoms with Crippen molar-refractivity contribution in [3.63, 3.8) is 0 Å². The smallest absolute Gasteiger partial charge is 0.305 e. The first-order valence-electron chi connectivity index (χ1n) is 8.78. The van der Waals surface area contributed by atoms with Gasteiger partial charge in [0, 0.05) is 6.42 Å². The lowest BCUT2D eigenvalue weighted by Crippen LogP contribution is -2.02. The zero-order valence-electron chi connectivity index (χ0n) is 15.2. The summed E-state index contributed by atoms with van der Waals surface area (Å²) in [5.41, 5.74) is 4.54. The predicted molar refractivity (Wildman–Crippen MR) is 111 cm³/mol. The van der Waals surface area contributed by atoms with Crippen LogP contribution in [0.1, 0.15) is 17.5 Å². The van der Waals surface area contributed by atoms with Crippen molar-refractivity contribution < 1.29 is 14.3 Å². The standard InChI is InChI=1S/C23H21BrO3/c1-26-23(25)13-11-17-10-12-22(21(24)15-17)27-16-18-6-5-9-20(14-18)19-7-3-2-4-8-19/h2-10,12,14-15H,11,13,16H2,1H3. The Bertz CT molecular complexity index is 907. The van der Waals surface area contributed by atoms with Gasteiger partial charge in [-0.2, -0.15) is 0 Å². The van der Waals surface area contributed by atoms with E-state index >= 15 is 0 Å². The number of hydrogen-bond acceptors (Lipinski definition) is 3. The van der Waals surface area contributed by atoms with Gasteiger partial charge in [0.05, 0.1) is 11.6 Å². The molecule has 27 heavy (non-hydrogen) atoms. The fourth-order valence-corrected chi connectivity index (χ4v) is 3.34. The van der Waals surface area contributed by atoms with Crippen molar-refractivity contribution in [1.82, 2.24) is 0 Å². The Hall–Kier alpha value is -2.59. The zero-order valence-corrected chi connectivity index (χ0v) is 16.7. The molecule has 3 aromatic rings. The highest BCUT2D eigenvalue weighted by molar-refractivity contribution is 9.10. The van der Waals surface area contributed by atoms with E-state index in [4.69, 9.17) is 4.74 Å². The molecule has 0 saturated carbocycles. The average molecular weight is 425 g/mol. The highest BCUT2D eigenvalue weighted by Crippen LogP contribution is 2.28. The monoisotopic (exact) mass is 424 g/mol. The van der Waals surface area contributed by atoms with Crippen molar-refractivity contribution in [2.75, 3.05) is 7.11 Å². The molecule has 0 N–H and O–H groups in total. The molecule has 3 rings (SSSR count). The second kappa shape index (κ2) is 9.38. The number of carbonyl (C=O) groups is 1. The van der Waals surface area contributed by atoms with Gasteiger partial charge in [-0.1, -0.05) is 54.6 Å². The Kier molecular flexibility index (Phi) is 6.66. The molecule has 3 nitrogen and oxygen atoms in total. The molecule has 0 heterocycles. The molecule has 0 spiro atoms. The van der Waals surface area contributed by atoms with Crippen LogP contribution in [0.25, 0.3) is 11.1 Å². The van der Waals surface area contributed by atoms with Gasteiger partial charge in [0.15, 0.2) is 0 Å². The molecule has 0 fully saturated rings. The molecule has 0 aliphatic rings. The Labute approximate surface area is 168 Å². The first-order valence-corrected chi connectivity index (χ1v) is 9.57. The third kappa shape index (κ3) is 5.44. The van der Waals surface area contributed by atoms with Gasteiger partial charge in [0.1, 0.15) is 12.4 Å². The predicted octanol–water partition coefficient (Wildman–Crippen LogP) is 5.80. The van der Waals surface area contributed by atoms with E-state index in [1.807, 2.05) is 42.5 Å². The fourth-order valence-electron chi connectivity index (χ4n) is 2.80. The first kappa shape index (κ1) is 19.2. The topological polar surface area (TPSA) is 35.5 Å². The minimum atomic E-state index is -0.204. The summed E-state index contributed by atoms with van der Waals surface area (Å²) >= 11 is 3.55. The third-order valence-electron chi connectivity index (χ3n) is 4.27. The maximum atomic E-state index is 11.3. The number of benzene rings is 3. The van der Waals surface area contributed by atoms with Crippen LogP contribution in [0.4, 0.5) is 0 Å². The summed E-state index contributed by atoms with van der Waals surface area (Å²) in [6.45, 7) is 0.487. The number of methoxy groups -OCH3 is 1. The van der Waals surface area contributed by atoms with Crippen LogP contribution in [0.3, 0.4) is 0 Å². The van der Waals surface area contributed by atoms with Crippen molar-refractivity contribution in [2.45, 2.75) is 19.4 Å². The molecule has 0 aliphatic heterocycles. The van der Waals surface area contributed by atoms with Crippen molar-refractivity contribution >= 4 is 21.9 Å². The maximum Gasteiger partial charge on any atom is 0.305 e. The third-order valence-corrected chi connectivity index (χ3v) is 4.89. The number of halogens is 1. The largest absolute Gasteiger partial charge is 0.488 e. The van der Waals surface area contributed by atoms with E-state index in [2.05, 4.69) is 51.0 Å². The molecule has 0 bridgehead atoms. The molecule has 3 aromatic carbocycles. The van der Waals surface area contributed by atoms with Gasteiger partial charge in [-0.3, -0.25) is 4.79 Å². The number of aryl methyl sites for hydroxylation is 1. The summed E-state index contributed by atoms with van der Waals surface area (Å²) in [5, 5.41) is 0. The highest BCUT2D eigenvalue weighted by Gasteiger charge is 2.07. The van der Waals surface area contributed by atoms with E-state index in [-0.39, 0.29) is 5.97 Å². The van der Waals surface area contributed by atoms with Crippen LogP contribution in [0.5, 0.6) is 5.75 Å². The Morgan fingerprint density at radius 1 is 0.889 bits per heavy atom. The van der Waals surface area contributed by atoms with Gasteiger partial charge in [-0.15, -0.1) is 0 Å². The second-order valence-corrected chi connectivity index (χ2v) is 7.05. The highest BCUT2D eigenvalue weighted by atomic mass is 79.9. The number of rotatable bonds is 7. The summed E-state index contributed by atoms with van der Waals surface area (Å²) < 4.78 is 11.5. The summed E-state index contributed by atoms with van der Waals surface area (Å²) in [7, 11) is 1.40. The quantitative estimate of drug-likeness (QED) is 0.449. The lowest BCUT2D eigenvalue weighted by molar-refractivity contribution is -0.140. The van der Waals surface area contributed by atoms with E-state index in [0.29, 0.717) is 19.4 Å². The van der Waals surface area contributed by atoms with Crippen LogP contribution in [0.15, 0.2) is 77.3 Å². The SMILES string of the molecule is COC(=O)CCc1ccc(OCc2cccc(-c3ccccc3)c2)c(Br)c1. The van der Waals surface area contributed by atoms with Gasteiger partial charge in [0.2, 0.25) is 0 Å².